The van der Waals surface area contributed by atoms with E-state index < -0.39 is 0 Å². The predicted molar refractivity (Wildman–Crippen MR) is 46.9 cm³/mol. The molecule has 0 nitrogen and oxygen atoms in total. The molecule has 0 heterocycles. The van der Waals surface area contributed by atoms with Gasteiger partial charge in [-0.15, -0.1) is 23.2 Å². The standard InChI is InChI=1S/C8H14Cl2/c9-5-7-3-1-2-4-8(7)6-10/h7-8H,1-6H2/t7-,8-/m1/s1. The van der Waals surface area contributed by atoms with Gasteiger partial charge in [-0.25, -0.2) is 0 Å². The molecule has 0 aromatic heterocycles. The molecule has 2 atom stereocenters. The second-order valence-corrected chi connectivity index (χ2v) is 3.73. The lowest BCUT2D eigenvalue weighted by atomic mass is 9.81. The Hall–Kier alpha value is 0.580. The molecule has 1 saturated carbocycles. The predicted octanol–water partition coefficient (Wildman–Crippen LogP) is 3.27. The highest BCUT2D eigenvalue weighted by Gasteiger charge is 2.22. The number of hydrogen-bond acceptors (Lipinski definition) is 0. The van der Waals surface area contributed by atoms with Gasteiger partial charge in [0.2, 0.25) is 0 Å². The molecule has 0 N–H and O–H groups in total. The van der Waals surface area contributed by atoms with Gasteiger partial charge in [0, 0.05) is 11.8 Å². The summed E-state index contributed by atoms with van der Waals surface area (Å²) in [5.41, 5.74) is 0. The van der Waals surface area contributed by atoms with Crippen LogP contribution in [0.25, 0.3) is 0 Å². The number of halogens is 2. The summed E-state index contributed by atoms with van der Waals surface area (Å²) in [6.45, 7) is 0. The first-order valence-corrected chi connectivity index (χ1v) is 5.07. The second-order valence-electron chi connectivity index (χ2n) is 3.11. The molecule has 0 aromatic carbocycles. The zero-order chi connectivity index (χ0) is 7.40. The number of rotatable bonds is 2. The van der Waals surface area contributed by atoms with Crippen LogP contribution in [0, 0.1) is 11.8 Å². The Morgan fingerprint density at radius 1 is 0.900 bits per heavy atom. The quantitative estimate of drug-likeness (QED) is 0.573. The minimum atomic E-state index is 0.702. The third-order valence-electron chi connectivity index (χ3n) is 2.46. The maximum absolute atomic E-state index is 5.80. The molecule has 1 aliphatic carbocycles. The van der Waals surface area contributed by atoms with E-state index in [1.165, 1.54) is 25.7 Å². The summed E-state index contributed by atoms with van der Waals surface area (Å²) in [5, 5.41) is 0. The van der Waals surface area contributed by atoms with E-state index in [0.717, 1.165) is 11.8 Å². The maximum atomic E-state index is 5.80. The van der Waals surface area contributed by atoms with Gasteiger partial charge in [0.1, 0.15) is 0 Å². The van der Waals surface area contributed by atoms with Crippen molar-refractivity contribution in [2.45, 2.75) is 25.7 Å². The van der Waals surface area contributed by atoms with Crippen molar-refractivity contribution in [3.8, 4) is 0 Å². The SMILES string of the molecule is ClC[C@H]1CCCC[C@@H]1CCl. The average Bonchev–Trinajstić information content (AvgIpc) is 2.04. The van der Waals surface area contributed by atoms with Crippen LogP contribution in [0.4, 0.5) is 0 Å². The topological polar surface area (TPSA) is 0 Å². The van der Waals surface area contributed by atoms with E-state index in [4.69, 9.17) is 23.2 Å². The van der Waals surface area contributed by atoms with Gasteiger partial charge in [-0.1, -0.05) is 12.8 Å². The molecule has 0 aliphatic heterocycles. The molecule has 0 amide bonds. The third kappa shape index (κ3) is 2.03. The fraction of sp³-hybridized carbons (Fsp3) is 1.00. The molecule has 0 saturated heterocycles. The van der Waals surface area contributed by atoms with Crippen molar-refractivity contribution in [3.05, 3.63) is 0 Å². The van der Waals surface area contributed by atoms with Crippen LogP contribution in [0.5, 0.6) is 0 Å². The van der Waals surface area contributed by atoms with Gasteiger partial charge in [0.15, 0.2) is 0 Å². The molecule has 2 heteroatoms. The smallest absolute Gasteiger partial charge is 0.0254 e. The summed E-state index contributed by atoms with van der Waals surface area (Å²) in [4.78, 5) is 0. The van der Waals surface area contributed by atoms with Crippen molar-refractivity contribution in [3.63, 3.8) is 0 Å². The van der Waals surface area contributed by atoms with E-state index >= 15 is 0 Å². The van der Waals surface area contributed by atoms with E-state index in [2.05, 4.69) is 0 Å². The Labute approximate surface area is 72.9 Å². The zero-order valence-corrected chi connectivity index (χ0v) is 7.67. The summed E-state index contributed by atoms with van der Waals surface area (Å²) in [5.74, 6) is 3.01. The maximum Gasteiger partial charge on any atom is 0.0254 e. The number of alkyl halides is 2. The van der Waals surface area contributed by atoms with E-state index in [-0.39, 0.29) is 0 Å². The fourth-order valence-corrected chi connectivity index (χ4v) is 2.50. The molecular formula is C8H14Cl2. The highest BCUT2D eigenvalue weighted by Crippen LogP contribution is 2.31. The van der Waals surface area contributed by atoms with Crippen molar-refractivity contribution in [1.82, 2.24) is 0 Å². The minimum Gasteiger partial charge on any atom is -0.126 e. The summed E-state index contributed by atoms with van der Waals surface area (Å²) in [6.07, 6.45) is 5.29. The Bertz CT molecular complexity index is 81.3. The van der Waals surface area contributed by atoms with Gasteiger partial charge in [-0.3, -0.25) is 0 Å². The molecule has 0 bridgehead atoms. The molecule has 60 valence electrons. The van der Waals surface area contributed by atoms with Gasteiger partial charge in [-0.05, 0) is 24.7 Å². The van der Waals surface area contributed by atoms with Crippen molar-refractivity contribution in [2.75, 3.05) is 11.8 Å². The van der Waals surface area contributed by atoms with Gasteiger partial charge in [0.25, 0.3) is 0 Å². The summed E-state index contributed by atoms with van der Waals surface area (Å²) in [6, 6.07) is 0. The molecule has 1 fully saturated rings. The monoisotopic (exact) mass is 180 g/mol. The minimum absolute atomic E-state index is 0.702. The van der Waals surface area contributed by atoms with Gasteiger partial charge in [-0.2, -0.15) is 0 Å². The Kier molecular flexibility index (Phi) is 3.87. The first-order valence-electron chi connectivity index (χ1n) is 4.00. The lowest BCUT2D eigenvalue weighted by Gasteiger charge is -2.28. The molecule has 0 radical (unpaired) electrons. The van der Waals surface area contributed by atoms with Gasteiger partial charge < -0.3 is 0 Å². The van der Waals surface area contributed by atoms with E-state index in [0.29, 0.717) is 11.8 Å². The van der Waals surface area contributed by atoms with Crippen LogP contribution in [-0.4, -0.2) is 11.8 Å². The van der Waals surface area contributed by atoms with Crippen LogP contribution < -0.4 is 0 Å². The Morgan fingerprint density at radius 3 is 1.60 bits per heavy atom. The van der Waals surface area contributed by atoms with E-state index in [9.17, 15) is 0 Å². The number of hydrogen-bond donors (Lipinski definition) is 0. The first-order chi connectivity index (χ1) is 4.88. The summed E-state index contributed by atoms with van der Waals surface area (Å²) >= 11 is 11.6. The van der Waals surface area contributed by atoms with Crippen LogP contribution in [0.15, 0.2) is 0 Å². The fourth-order valence-electron chi connectivity index (χ4n) is 1.69. The van der Waals surface area contributed by atoms with Crippen molar-refractivity contribution in [2.24, 2.45) is 11.8 Å². The molecule has 0 aromatic rings. The molecule has 10 heavy (non-hydrogen) atoms. The molecule has 1 rings (SSSR count). The highest BCUT2D eigenvalue weighted by molar-refractivity contribution is 6.19. The molecule has 0 unspecified atom stereocenters. The lowest BCUT2D eigenvalue weighted by molar-refractivity contribution is 0.284. The van der Waals surface area contributed by atoms with Crippen LogP contribution in [0.3, 0.4) is 0 Å². The van der Waals surface area contributed by atoms with Crippen molar-refractivity contribution >= 4 is 23.2 Å². The zero-order valence-electron chi connectivity index (χ0n) is 6.15. The van der Waals surface area contributed by atoms with Crippen LogP contribution in [0.2, 0.25) is 0 Å². The van der Waals surface area contributed by atoms with Gasteiger partial charge in [0.05, 0.1) is 0 Å². The molecule has 1 aliphatic rings. The van der Waals surface area contributed by atoms with E-state index in [1.54, 1.807) is 0 Å². The van der Waals surface area contributed by atoms with Crippen LogP contribution >= 0.6 is 23.2 Å². The Balaban J connectivity index is 2.34. The first kappa shape index (κ1) is 8.67. The lowest BCUT2D eigenvalue weighted by Crippen LogP contribution is -2.21. The largest absolute Gasteiger partial charge is 0.126 e. The van der Waals surface area contributed by atoms with Crippen LogP contribution in [0.1, 0.15) is 25.7 Å². The van der Waals surface area contributed by atoms with Crippen molar-refractivity contribution in [1.29, 1.82) is 0 Å². The second kappa shape index (κ2) is 4.46. The van der Waals surface area contributed by atoms with Gasteiger partial charge >= 0.3 is 0 Å². The highest BCUT2D eigenvalue weighted by atomic mass is 35.5. The molecule has 0 spiro atoms. The summed E-state index contributed by atoms with van der Waals surface area (Å²) in [7, 11) is 0. The van der Waals surface area contributed by atoms with E-state index in [1.807, 2.05) is 0 Å². The molecular weight excluding hydrogens is 167 g/mol. The Morgan fingerprint density at radius 2 is 1.30 bits per heavy atom. The van der Waals surface area contributed by atoms with Crippen LogP contribution in [-0.2, 0) is 0 Å². The third-order valence-corrected chi connectivity index (χ3v) is 3.26. The summed E-state index contributed by atoms with van der Waals surface area (Å²) < 4.78 is 0. The average molecular weight is 181 g/mol. The van der Waals surface area contributed by atoms with Crippen molar-refractivity contribution < 1.29 is 0 Å². The normalized spacial score (nSPS) is 34.2.